The number of likely N-dealkylation sites (tertiary alicyclic amines) is 1. The molecule has 120 valence electrons. The van der Waals surface area contributed by atoms with Gasteiger partial charge in [-0.2, -0.15) is 0 Å². The fraction of sp³-hybridized carbons (Fsp3) is 0.786. The minimum absolute atomic E-state index is 0.0206. The number of esters is 1. The van der Waals surface area contributed by atoms with Crippen LogP contribution in [0.25, 0.3) is 0 Å². The van der Waals surface area contributed by atoms with Gasteiger partial charge in [-0.15, -0.1) is 0 Å². The lowest BCUT2D eigenvalue weighted by atomic mass is 10.1. The molecule has 0 aromatic carbocycles. The number of rotatable bonds is 6. The first-order valence-electron chi connectivity index (χ1n) is 7.29. The summed E-state index contributed by atoms with van der Waals surface area (Å²) < 4.78 is 4.48. The second-order valence-electron chi connectivity index (χ2n) is 5.35. The summed E-state index contributed by atoms with van der Waals surface area (Å²) in [6.07, 6.45) is 2.68. The summed E-state index contributed by atoms with van der Waals surface area (Å²) in [6.45, 7) is 3.97. The van der Waals surface area contributed by atoms with Crippen molar-refractivity contribution in [3.8, 4) is 0 Å². The number of carbonyl (C=O) groups excluding carboxylic acids is 2. The van der Waals surface area contributed by atoms with Crippen molar-refractivity contribution in [2.45, 2.75) is 64.1 Å². The summed E-state index contributed by atoms with van der Waals surface area (Å²) in [6, 6.07) is -1.20. The molecular formula is C14H24N2O5. The van der Waals surface area contributed by atoms with Gasteiger partial charge in [-0.05, 0) is 32.6 Å². The van der Waals surface area contributed by atoms with Crippen LogP contribution in [0.5, 0.6) is 0 Å². The number of aliphatic carboxylic acids is 1. The van der Waals surface area contributed by atoms with Gasteiger partial charge in [0, 0.05) is 18.5 Å². The quantitative estimate of drug-likeness (QED) is 0.722. The van der Waals surface area contributed by atoms with E-state index < -0.39 is 18.0 Å². The first-order chi connectivity index (χ1) is 9.90. The number of carboxylic acids is 1. The maximum atomic E-state index is 12.3. The number of ether oxygens (including phenoxy) is 1. The molecule has 0 aliphatic carbocycles. The minimum atomic E-state index is -1.15. The Hall–Kier alpha value is -1.79. The number of carboxylic acid groups (broad SMARTS) is 1. The largest absolute Gasteiger partial charge is 0.480 e. The van der Waals surface area contributed by atoms with Crippen molar-refractivity contribution in [1.82, 2.24) is 10.2 Å². The van der Waals surface area contributed by atoms with Crippen LogP contribution < -0.4 is 5.32 Å². The molecule has 1 heterocycles. The molecule has 2 N–H and O–H groups in total. The lowest BCUT2D eigenvalue weighted by molar-refractivity contribution is -0.142. The van der Waals surface area contributed by atoms with Gasteiger partial charge in [-0.3, -0.25) is 4.79 Å². The predicted molar refractivity (Wildman–Crippen MR) is 75.8 cm³/mol. The van der Waals surface area contributed by atoms with E-state index >= 15 is 0 Å². The van der Waals surface area contributed by atoms with E-state index in [4.69, 9.17) is 5.11 Å². The molecule has 3 atom stereocenters. The molecule has 1 fully saturated rings. The molecule has 1 aliphatic heterocycles. The Bertz CT molecular complexity index is 399. The first kappa shape index (κ1) is 17.3. The number of hydrogen-bond donors (Lipinski definition) is 2. The van der Waals surface area contributed by atoms with Gasteiger partial charge in [-0.1, -0.05) is 6.92 Å². The summed E-state index contributed by atoms with van der Waals surface area (Å²) in [5.74, 6) is -1.64. The monoisotopic (exact) mass is 300 g/mol. The van der Waals surface area contributed by atoms with E-state index in [1.165, 1.54) is 7.11 Å². The molecule has 2 amide bonds. The van der Waals surface area contributed by atoms with E-state index in [0.717, 1.165) is 19.3 Å². The Balaban J connectivity index is 2.63. The molecule has 1 rings (SSSR count). The Morgan fingerprint density at radius 2 is 2.05 bits per heavy atom. The predicted octanol–water partition coefficient (Wildman–Crippen LogP) is 1.37. The summed E-state index contributed by atoms with van der Waals surface area (Å²) in [7, 11) is 1.24. The average Bonchev–Trinajstić information content (AvgIpc) is 2.83. The molecule has 0 radical (unpaired) electrons. The summed E-state index contributed by atoms with van der Waals surface area (Å²) in [5.41, 5.74) is 0. The highest BCUT2D eigenvalue weighted by Gasteiger charge is 2.34. The number of amides is 2. The van der Waals surface area contributed by atoms with Crippen LogP contribution in [0.4, 0.5) is 4.79 Å². The van der Waals surface area contributed by atoms with Gasteiger partial charge >= 0.3 is 18.0 Å². The van der Waals surface area contributed by atoms with E-state index in [-0.39, 0.29) is 31.0 Å². The van der Waals surface area contributed by atoms with Gasteiger partial charge in [0.2, 0.25) is 0 Å². The van der Waals surface area contributed by atoms with E-state index in [1.807, 2.05) is 13.8 Å². The maximum absolute atomic E-state index is 12.3. The lowest BCUT2D eigenvalue weighted by Gasteiger charge is -2.29. The Morgan fingerprint density at radius 1 is 1.38 bits per heavy atom. The molecule has 1 aliphatic rings. The van der Waals surface area contributed by atoms with Crippen LogP contribution in [0, 0.1) is 0 Å². The van der Waals surface area contributed by atoms with E-state index in [9.17, 15) is 14.4 Å². The Kier molecular flexibility index (Phi) is 6.45. The zero-order chi connectivity index (χ0) is 16.0. The van der Waals surface area contributed by atoms with Crippen LogP contribution in [0.3, 0.4) is 0 Å². The van der Waals surface area contributed by atoms with Crippen LogP contribution in [0.15, 0.2) is 0 Å². The maximum Gasteiger partial charge on any atom is 0.326 e. The number of methoxy groups -OCH3 is 1. The summed E-state index contributed by atoms with van der Waals surface area (Å²) >= 11 is 0. The smallest absolute Gasteiger partial charge is 0.326 e. The fourth-order valence-electron chi connectivity index (χ4n) is 2.68. The molecule has 2 unspecified atom stereocenters. The molecular weight excluding hydrogens is 276 g/mol. The van der Waals surface area contributed by atoms with Gasteiger partial charge in [0.1, 0.15) is 6.04 Å². The van der Waals surface area contributed by atoms with Crippen molar-refractivity contribution < 1.29 is 24.2 Å². The SMILES string of the molecule is CCC1CCC(C)N1C(=O)N[C@@H](CCC(=O)OC)C(=O)O. The van der Waals surface area contributed by atoms with Gasteiger partial charge in [0.15, 0.2) is 0 Å². The zero-order valence-corrected chi connectivity index (χ0v) is 12.8. The van der Waals surface area contributed by atoms with Crippen molar-refractivity contribution in [2.75, 3.05) is 7.11 Å². The van der Waals surface area contributed by atoms with E-state index in [0.29, 0.717) is 0 Å². The number of hydrogen-bond acceptors (Lipinski definition) is 4. The summed E-state index contributed by atoms with van der Waals surface area (Å²) in [5, 5.41) is 11.7. The average molecular weight is 300 g/mol. The van der Waals surface area contributed by atoms with Crippen LogP contribution in [0.2, 0.25) is 0 Å². The second-order valence-corrected chi connectivity index (χ2v) is 5.35. The third kappa shape index (κ3) is 4.61. The number of urea groups is 1. The Labute approximate surface area is 124 Å². The van der Waals surface area contributed by atoms with Crippen LogP contribution in [-0.4, -0.2) is 53.2 Å². The van der Waals surface area contributed by atoms with Gasteiger partial charge in [0.25, 0.3) is 0 Å². The topological polar surface area (TPSA) is 95.9 Å². The highest BCUT2D eigenvalue weighted by Crippen LogP contribution is 2.26. The first-order valence-corrected chi connectivity index (χ1v) is 7.29. The number of nitrogens with one attached hydrogen (secondary N) is 1. The second kappa shape index (κ2) is 7.85. The number of carbonyl (C=O) groups is 3. The number of nitrogens with zero attached hydrogens (tertiary/aromatic N) is 1. The van der Waals surface area contributed by atoms with E-state index in [1.54, 1.807) is 4.90 Å². The van der Waals surface area contributed by atoms with Crippen molar-refractivity contribution in [2.24, 2.45) is 0 Å². The highest BCUT2D eigenvalue weighted by atomic mass is 16.5. The van der Waals surface area contributed by atoms with E-state index in [2.05, 4.69) is 10.1 Å². The zero-order valence-electron chi connectivity index (χ0n) is 12.8. The molecule has 0 saturated carbocycles. The molecule has 1 saturated heterocycles. The van der Waals surface area contributed by atoms with Crippen molar-refractivity contribution in [3.05, 3.63) is 0 Å². The van der Waals surface area contributed by atoms with Gasteiger partial charge in [0.05, 0.1) is 7.11 Å². The van der Waals surface area contributed by atoms with Crippen LogP contribution >= 0.6 is 0 Å². The molecule has 0 aromatic rings. The van der Waals surface area contributed by atoms with Gasteiger partial charge < -0.3 is 20.1 Å². The molecule has 0 bridgehead atoms. The minimum Gasteiger partial charge on any atom is -0.480 e. The van der Waals surface area contributed by atoms with Crippen LogP contribution in [0.1, 0.15) is 46.0 Å². The molecule has 7 heteroatoms. The third-order valence-corrected chi connectivity index (χ3v) is 3.95. The van der Waals surface area contributed by atoms with Crippen LogP contribution in [-0.2, 0) is 14.3 Å². The summed E-state index contributed by atoms with van der Waals surface area (Å²) in [4.78, 5) is 36.3. The normalized spacial score (nSPS) is 22.7. The molecule has 21 heavy (non-hydrogen) atoms. The van der Waals surface area contributed by atoms with Crippen molar-refractivity contribution in [3.63, 3.8) is 0 Å². The highest BCUT2D eigenvalue weighted by molar-refractivity contribution is 5.83. The standard InChI is InChI=1S/C14H24N2O5/c1-4-10-6-5-9(2)16(10)14(20)15-11(13(18)19)7-8-12(17)21-3/h9-11H,4-8H2,1-3H3,(H,15,20)(H,18,19)/t9?,10?,11-/m0/s1. The molecule has 0 spiro atoms. The fourth-order valence-corrected chi connectivity index (χ4v) is 2.68. The third-order valence-electron chi connectivity index (χ3n) is 3.95. The molecule has 7 nitrogen and oxygen atoms in total. The van der Waals surface area contributed by atoms with Gasteiger partial charge in [-0.25, -0.2) is 9.59 Å². The lowest BCUT2D eigenvalue weighted by Crippen LogP contribution is -2.51. The van der Waals surface area contributed by atoms with Crippen molar-refractivity contribution in [1.29, 1.82) is 0 Å². The van der Waals surface area contributed by atoms with Crippen molar-refractivity contribution >= 4 is 18.0 Å². The Morgan fingerprint density at radius 3 is 2.57 bits per heavy atom. The molecule has 0 aromatic heterocycles.